The third-order valence-electron chi connectivity index (χ3n) is 4.21. The van der Waals surface area contributed by atoms with Gasteiger partial charge in [-0.15, -0.1) is 5.10 Å². The lowest BCUT2D eigenvalue weighted by atomic mass is 9.82. The summed E-state index contributed by atoms with van der Waals surface area (Å²) in [6.07, 6.45) is 2.86. The molecule has 7 heteroatoms. The number of amides is 1. The van der Waals surface area contributed by atoms with E-state index in [0.717, 1.165) is 19.3 Å². The molecule has 1 unspecified atom stereocenters. The number of carboxylic acid groups (broad SMARTS) is 1. The van der Waals surface area contributed by atoms with Crippen LogP contribution in [0.2, 0.25) is 0 Å². The summed E-state index contributed by atoms with van der Waals surface area (Å²) in [4.78, 5) is 23.8. The van der Waals surface area contributed by atoms with Gasteiger partial charge >= 0.3 is 5.97 Å². The van der Waals surface area contributed by atoms with Crippen LogP contribution >= 0.6 is 0 Å². The van der Waals surface area contributed by atoms with Gasteiger partial charge in [0.2, 0.25) is 5.91 Å². The highest BCUT2D eigenvalue weighted by molar-refractivity contribution is 5.93. The molecule has 0 bridgehead atoms. The number of benzene rings is 1. The quantitative estimate of drug-likeness (QED) is 0.883. The highest BCUT2D eigenvalue weighted by Gasteiger charge is 2.33. The standard InChI is InChI=1S/C16H18N4O3/c1-10(15(21)17-12-8-3-2-4-9-12)20-14(11-6-5-7-11)13(16(22)23)18-19-20/h2-4,8-11H,5-7H2,1H3,(H,17,21)(H,22,23). The summed E-state index contributed by atoms with van der Waals surface area (Å²) in [7, 11) is 0. The predicted molar refractivity (Wildman–Crippen MR) is 83.4 cm³/mol. The SMILES string of the molecule is CC(C(=O)Nc1ccccc1)n1nnc(C(=O)O)c1C1CCC1. The topological polar surface area (TPSA) is 97.1 Å². The molecule has 1 aliphatic carbocycles. The van der Waals surface area contributed by atoms with Crippen molar-refractivity contribution in [1.82, 2.24) is 15.0 Å². The Balaban J connectivity index is 1.85. The first-order valence-electron chi connectivity index (χ1n) is 7.62. The van der Waals surface area contributed by atoms with E-state index in [2.05, 4.69) is 15.6 Å². The zero-order chi connectivity index (χ0) is 16.4. The Morgan fingerprint density at radius 1 is 1.30 bits per heavy atom. The van der Waals surface area contributed by atoms with E-state index in [0.29, 0.717) is 11.4 Å². The van der Waals surface area contributed by atoms with Crippen molar-refractivity contribution in [3.05, 3.63) is 41.7 Å². The van der Waals surface area contributed by atoms with Crippen LogP contribution < -0.4 is 5.32 Å². The minimum absolute atomic E-state index is 0.0472. The normalized spacial score (nSPS) is 15.7. The van der Waals surface area contributed by atoms with E-state index >= 15 is 0 Å². The number of nitrogens with zero attached hydrogens (tertiary/aromatic N) is 3. The lowest BCUT2D eigenvalue weighted by Crippen LogP contribution is -2.28. The Kier molecular flexibility index (Phi) is 4.10. The number of aromatic carboxylic acids is 1. The predicted octanol–water partition coefficient (Wildman–Crippen LogP) is 2.44. The molecule has 1 atom stereocenters. The zero-order valence-electron chi connectivity index (χ0n) is 12.8. The summed E-state index contributed by atoms with van der Waals surface area (Å²) in [5.41, 5.74) is 1.20. The second kappa shape index (κ2) is 6.20. The number of anilines is 1. The van der Waals surface area contributed by atoms with Gasteiger partial charge in [-0.05, 0) is 31.9 Å². The van der Waals surface area contributed by atoms with Crippen LogP contribution in [-0.2, 0) is 4.79 Å². The highest BCUT2D eigenvalue weighted by Crippen LogP contribution is 2.38. The van der Waals surface area contributed by atoms with Crippen molar-refractivity contribution in [2.75, 3.05) is 5.32 Å². The third-order valence-corrected chi connectivity index (χ3v) is 4.21. The minimum atomic E-state index is -1.10. The number of hydrogen-bond donors (Lipinski definition) is 2. The number of nitrogens with one attached hydrogen (secondary N) is 1. The Labute approximate surface area is 133 Å². The number of carboxylic acids is 1. The fraction of sp³-hybridized carbons (Fsp3) is 0.375. The van der Waals surface area contributed by atoms with Crippen LogP contribution in [-0.4, -0.2) is 32.0 Å². The number of hydrogen-bond acceptors (Lipinski definition) is 4. The molecule has 1 heterocycles. The molecule has 23 heavy (non-hydrogen) atoms. The zero-order valence-corrected chi connectivity index (χ0v) is 12.8. The minimum Gasteiger partial charge on any atom is -0.476 e. The number of rotatable bonds is 5. The molecule has 1 fully saturated rings. The van der Waals surface area contributed by atoms with Crippen molar-refractivity contribution in [2.45, 2.75) is 38.1 Å². The average Bonchev–Trinajstić information content (AvgIpc) is 2.90. The van der Waals surface area contributed by atoms with Gasteiger partial charge in [0.25, 0.3) is 0 Å². The van der Waals surface area contributed by atoms with Crippen molar-refractivity contribution >= 4 is 17.6 Å². The van der Waals surface area contributed by atoms with Crippen molar-refractivity contribution in [1.29, 1.82) is 0 Å². The highest BCUT2D eigenvalue weighted by atomic mass is 16.4. The summed E-state index contributed by atoms with van der Waals surface area (Å²) >= 11 is 0. The molecule has 1 aromatic carbocycles. The fourth-order valence-electron chi connectivity index (χ4n) is 2.68. The maximum Gasteiger partial charge on any atom is 0.358 e. The van der Waals surface area contributed by atoms with Gasteiger partial charge in [-0.1, -0.05) is 29.8 Å². The third kappa shape index (κ3) is 2.94. The van der Waals surface area contributed by atoms with Gasteiger partial charge < -0.3 is 10.4 Å². The molecule has 1 amide bonds. The lowest BCUT2D eigenvalue weighted by molar-refractivity contribution is -0.119. The molecule has 0 aliphatic heterocycles. The summed E-state index contributed by atoms with van der Waals surface area (Å²) in [6.45, 7) is 1.70. The fourth-order valence-corrected chi connectivity index (χ4v) is 2.68. The van der Waals surface area contributed by atoms with Crippen molar-refractivity contribution in [3.8, 4) is 0 Å². The average molecular weight is 314 g/mol. The maximum atomic E-state index is 12.4. The summed E-state index contributed by atoms with van der Waals surface area (Å²) in [5, 5.41) is 19.8. The molecule has 1 saturated carbocycles. The number of carbonyl (C=O) groups excluding carboxylic acids is 1. The van der Waals surface area contributed by atoms with E-state index in [4.69, 9.17) is 0 Å². The Morgan fingerprint density at radius 3 is 2.57 bits per heavy atom. The van der Waals surface area contributed by atoms with Gasteiger partial charge in [-0.2, -0.15) is 0 Å². The molecule has 3 rings (SSSR count). The van der Waals surface area contributed by atoms with Crippen LogP contribution in [0.25, 0.3) is 0 Å². The Bertz CT molecular complexity index is 722. The molecule has 0 spiro atoms. The van der Waals surface area contributed by atoms with Gasteiger partial charge in [0.15, 0.2) is 5.69 Å². The molecule has 120 valence electrons. The molecule has 1 aromatic heterocycles. The van der Waals surface area contributed by atoms with Gasteiger partial charge in [-0.25, -0.2) is 9.48 Å². The molecule has 1 aliphatic rings. The Morgan fingerprint density at radius 2 is 2.00 bits per heavy atom. The van der Waals surface area contributed by atoms with E-state index in [-0.39, 0.29) is 17.5 Å². The number of carbonyl (C=O) groups is 2. The van der Waals surface area contributed by atoms with Crippen LogP contribution in [0.1, 0.15) is 54.3 Å². The lowest BCUT2D eigenvalue weighted by Gasteiger charge is -2.27. The molecular formula is C16H18N4O3. The van der Waals surface area contributed by atoms with Crippen molar-refractivity contribution < 1.29 is 14.7 Å². The second-order valence-electron chi connectivity index (χ2n) is 5.73. The van der Waals surface area contributed by atoms with Crippen LogP contribution in [0.5, 0.6) is 0 Å². The van der Waals surface area contributed by atoms with Crippen LogP contribution in [0, 0.1) is 0 Å². The van der Waals surface area contributed by atoms with E-state index < -0.39 is 12.0 Å². The monoisotopic (exact) mass is 314 g/mol. The van der Waals surface area contributed by atoms with Crippen LogP contribution in [0.15, 0.2) is 30.3 Å². The first kappa shape index (κ1) is 15.2. The van der Waals surface area contributed by atoms with Gasteiger partial charge in [-0.3, -0.25) is 4.79 Å². The van der Waals surface area contributed by atoms with E-state index in [9.17, 15) is 14.7 Å². The summed E-state index contributed by atoms with van der Waals surface area (Å²) in [6, 6.07) is 8.48. The van der Waals surface area contributed by atoms with Gasteiger partial charge in [0, 0.05) is 11.6 Å². The van der Waals surface area contributed by atoms with E-state index in [1.165, 1.54) is 4.68 Å². The molecule has 7 nitrogen and oxygen atoms in total. The first-order valence-corrected chi connectivity index (χ1v) is 7.62. The van der Waals surface area contributed by atoms with Crippen molar-refractivity contribution in [3.63, 3.8) is 0 Å². The summed E-state index contributed by atoms with van der Waals surface area (Å²) < 4.78 is 1.45. The van der Waals surface area contributed by atoms with Crippen LogP contribution in [0.3, 0.4) is 0 Å². The molecule has 2 aromatic rings. The second-order valence-corrected chi connectivity index (χ2v) is 5.73. The molecule has 0 saturated heterocycles. The number of aromatic nitrogens is 3. The smallest absolute Gasteiger partial charge is 0.358 e. The molecular weight excluding hydrogens is 296 g/mol. The van der Waals surface area contributed by atoms with Crippen LogP contribution in [0.4, 0.5) is 5.69 Å². The largest absolute Gasteiger partial charge is 0.476 e. The summed E-state index contributed by atoms with van der Waals surface area (Å²) in [5.74, 6) is -1.24. The van der Waals surface area contributed by atoms with E-state index in [1.807, 2.05) is 18.2 Å². The molecule has 2 N–H and O–H groups in total. The maximum absolute atomic E-state index is 12.4. The first-order chi connectivity index (χ1) is 11.1. The van der Waals surface area contributed by atoms with Crippen molar-refractivity contribution in [2.24, 2.45) is 0 Å². The molecule has 0 radical (unpaired) electrons. The van der Waals surface area contributed by atoms with E-state index in [1.54, 1.807) is 19.1 Å². The Hall–Kier alpha value is -2.70. The number of para-hydroxylation sites is 1. The van der Waals surface area contributed by atoms with Gasteiger partial charge in [0.1, 0.15) is 6.04 Å². The van der Waals surface area contributed by atoms with Gasteiger partial charge in [0.05, 0.1) is 5.69 Å².